The van der Waals surface area contributed by atoms with Crippen LogP contribution in [0.25, 0.3) is 17.3 Å². The maximum atomic E-state index is 12.7. The van der Waals surface area contributed by atoms with Crippen molar-refractivity contribution in [2.24, 2.45) is 0 Å². The fraction of sp³-hybridized carbons (Fsp3) is 0.120. The number of carbonyl (C=O) groups is 2. The first-order valence-corrected chi connectivity index (χ1v) is 13.0. The monoisotopic (exact) mass is 525 g/mol. The second-order valence-corrected chi connectivity index (χ2v) is 10.3. The lowest BCUT2D eigenvalue weighted by molar-refractivity contribution is -0.122. The van der Waals surface area contributed by atoms with Crippen LogP contribution in [-0.2, 0) is 9.59 Å². The zero-order valence-corrected chi connectivity index (χ0v) is 21.1. The predicted molar refractivity (Wildman–Crippen MR) is 146 cm³/mol. The Morgan fingerprint density at radius 3 is 2.68 bits per heavy atom. The maximum Gasteiger partial charge on any atom is 0.266 e. The molecule has 1 aliphatic rings. The van der Waals surface area contributed by atoms with Crippen LogP contribution in [-0.4, -0.2) is 32.6 Å². The lowest BCUT2D eigenvalue weighted by Gasteiger charge is -2.13. The van der Waals surface area contributed by atoms with Crippen molar-refractivity contribution in [3.63, 3.8) is 0 Å². The zero-order valence-electron chi connectivity index (χ0n) is 17.9. The molecule has 0 unspecified atom stereocenters. The van der Waals surface area contributed by atoms with Gasteiger partial charge in [0.25, 0.3) is 5.91 Å². The highest BCUT2D eigenvalue weighted by molar-refractivity contribution is 8.26. The average molecular weight is 526 g/mol. The molecule has 0 bridgehead atoms. The summed E-state index contributed by atoms with van der Waals surface area (Å²) in [6.07, 6.45) is 6.33. The molecule has 3 aromatic rings. The van der Waals surface area contributed by atoms with E-state index in [4.69, 9.17) is 23.8 Å². The minimum Gasteiger partial charge on any atom is -0.302 e. The van der Waals surface area contributed by atoms with Crippen molar-refractivity contribution in [3.05, 3.63) is 87.6 Å². The number of thioether (sulfide) groups is 1. The highest BCUT2D eigenvalue weighted by Crippen LogP contribution is 2.31. The number of aromatic nitrogens is 1. The summed E-state index contributed by atoms with van der Waals surface area (Å²) in [7, 11) is 0. The Kier molecular flexibility index (Phi) is 8.29. The van der Waals surface area contributed by atoms with Crippen LogP contribution < -0.4 is 5.32 Å². The first-order chi connectivity index (χ1) is 16.5. The molecule has 1 aliphatic heterocycles. The van der Waals surface area contributed by atoms with E-state index >= 15 is 0 Å². The van der Waals surface area contributed by atoms with Gasteiger partial charge in [0.05, 0.1) is 10.6 Å². The molecule has 2 heterocycles. The third-order valence-corrected chi connectivity index (χ3v) is 7.29. The lowest BCUT2D eigenvalue weighted by Crippen LogP contribution is -2.29. The second kappa shape index (κ2) is 11.6. The molecule has 2 amide bonds. The van der Waals surface area contributed by atoms with Crippen molar-refractivity contribution >= 4 is 74.3 Å². The number of hydrogen-bond donors (Lipinski definition) is 1. The molecule has 4 rings (SSSR count). The normalized spacial score (nSPS) is 15.0. The minimum atomic E-state index is -0.149. The van der Waals surface area contributed by atoms with Crippen molar-refractivity contribution in [1.82, 2.24) is 9.88 Å². The topological polar surface area (TPSA) is 62.3 Å². The number of rotatable bonds is 8. The number of carbonyl (C=O) groups excluding carboxylic acids is 2. The Labute approximate surface area is 216 Å². The second-order valence-electron chi connectivity index (χ2n) is 7.32. The molecule has 1 saturated heterocycles. The molecular weight excluding hydrogens is 506 g/mol. The molecule has 172 valence electrons. The van der Waals surface area contributed by atoms with Gasteiger partial charge < -0.3 is 5.32 Å². The fourth-order valence-corrected chi connectivity index (χ4v) is 5.30. The van der Waals surface area contributed by atoms with Gasteiger partial charge in [0.2, 0.25) is 5.91 Å². The molecule has 9 heteroatoms. The summed E-state index contributed by atoms with van der Waals surface area (Å²) in [4.78, 5) is 31.6. The molecule has 1 fully saturated rings. The first-order valence-electron chi connectivity index (χ1n) is 10.5. The van der Waals surface area contributed by atoms with Crippen molar-refractivity contribution in [2.75, 3.05) is 11.9 Å². The summed E-state index contributed by atoms with van der Waals surface area (Å²) in [5, 5.41) is 5.91. The van der Waals surface area contributed by atoms with E-state index in [0.29, 0.717) is 32.3 Å². The van der Waals surface area contributed by atoms with Gasteiger partial charge in [-0.25, -0.2) is 4.98 Å². The predicted octanol–water partition coefficient (Wildman–Crippen LogP) is 6.64. The smallest absolute Gasteiger partial charge is 0.266 e. The highest BCUT2D eigenvalue weighted by atomic mass is 35.5. The third-order valence-electron chi connectivity index (χ3n) is 4.89. The van der Waals surface area contributed by atoms with Crippen LogP contribution in [0.15, 0.2) is 77.0 Å². The lowest BCUT2D eigenvalue weighted by atomic mass is 10.2. The standard InChI is InChI=1S/C25H20ClN3O2S3/c26-19-13-11-18(12-14-19)20-16-33-24(27-20)28-22(30)10-5-15-29-23(31)21(34-25(29)32)9-4-8-17-6-2-1-3-7-17/h1-4,6-9,11-14,16H,5,10,15H2,(H,27,28,30)/b8-4+,21-9-. The van der Waals surface area contributed by atoms with E-state index in [1.165, 1.54) is 23.1 Å². The Bertz CT molecular complexity index is 1250. The van der Waals surface area contributed by atoms with Gasteiger partial charge in [0.15, 0.2) is 5.13 Å². The van der Waals surface area contributed by atoms with Crippen LogP contribution >= 0.6 is 46.9 Å². The fourth-order valence-electron chi connectivity index (χ4n) is 3.18. The van der Waals surface area contributed by atoms with Crippen LogP contribution in [0.5, 0.6) is 0 Å². The number of anilines is 1. The quantitative estimate of drug-likeness (QED) is 0.264. The van der Waals surface area contributed by atoms with Gasteiger partial charge in [0.1, 0.15) is 4.32 Å². The molecule has 1 N–H and O–H groups in total. The number of nitrogens with one attached hydrogen (secondary N) is 1. The van der Waals surface area contributed by atoms with Gasteiger partial charge in [-0.3, -0.25) is 14.5 Å². The number of allylic oxidation sites excluding steroid dienone is 2. The summed E-state index contributed by atoms with van der Waals surface area (Å²) in [5.74, 6) is -0.274. The van der Waals surface area contributed by atoms with Crippen LogP contribution in [0, 0.1) is 0 Å². The molecule has 1 aromatic heterocycles. The van der Waals surface area contributed by atoms with Gasteiger partial charge in [-0.15, -0.1) is 11.3 Å². The third kappa shape index (κ3) is 6.42. The number of nitrogens with zero attached hydrogens (tertiary/aromatic N) is 2. The van der Waals surface area contributed by atoms with Gasteiger partial charge >= 0.3 is 0 Å². The van der Waals surface area contributed by atoms with Gasteiger partial charge in [-0.05, 0) is 30.2 Å². The highest BCUT2D eigenvalue weighted by Gasteiger charge is 2.31. The summed E-state index contributed by atoms with van der Waals surface area (Å²) < 4.78 is 0.511. The van der Waals surface area contributed by atoms with Crippen LogP contribution in [0.4, 0.5) is 5.13 Å². The largest absolute Gasteiger partial charge is 0.302 e. The Morgan fingerprint density at radius 2 is 1.91 bits per heavy atom. The van der Waals surface area contributed by atoms with Crippen molar-refractivity contribution in [2.45, 2.75) is 12.8 Å². The van der Waals surface area contributed by atoms with Gasteiger partial charge in [0, 0.05) is 28.9 Å². The number of thiocarbonyl (C=S) groups is 1. The molecule has 0 spiro atoms. The molecule has 0 saturated carbocycles. The molecule has 5 nitrogen and oxygen atoms in total. The number of benzene rings is 2. The zero-order chi connectivity index (χ0) is 23.9. The molecule has 2 aromatic carbocycles. The summed E-state index contributed by atoms with van der Waals surface area (Å²) in [6.45, 7) is 0.395. The summed E-state index contributed by atoms with van der Waals surface area (Å²) >= 11 is 13.9. The number of amides is 2. The van der Waals surface area contributed by atoms with Gasteiger partial charge in [-0.2, -0.15) is 0 Å². The van der Waals surface area contributed by atoms with E-state index in [1.54, 1.807) is 23.1 Å². The maximum absolute atomic E-state index is 12.7. The van der Waals surface area contributed by atoms with E-state index in [0.717, 1.165) is 16.8 Å². The van der Waals surface area contributed by atoms with E-state index in [1.807, 2.05) is 60.0 Å². The number of hydrogen-bond acceptors (Lipinski definition) is 6. The molecular formula is C25H20ClN3O2S3. The SMILES string of the molecule is O=C(CCCN1C(=O)/C(=C/C=C/c2ccccc2)SC1=S)Nc1nc(-c2ccc(Cl)cc2)cs1. The van der Waals surface area contributed by atoms with E-state index in [-0.39, 0.29) is 18.2 Å². The molecule has 34 heavy (non-hydrogen) atoms. The first kappa shape index (κ1) is 24.3. The summed E-state index contributed by atoms with van der Waals surface area (Å²) in [5.41, 5.74) is 2.77. The average Bonchev–Trinajstić information content (AvgIpc) is 3.40. The number of thiazole rings is 1. The minimum absolute atomic E-state index is 0.124. The number of halogens is 1. The van der Waals surface area contributed by atoms with Crippen LogP contribution in [0.3, 0.4) is 0 Å². The van der Waals surface area contributed by atoms with Crippen LogP contribution in [0.1, 0.15) is 18.4 Å². The van der Waals surface area contributed by atoms with Crippen molar-refractivity contribution in [3.8, 4) is 11.3 Å². The Hall–Kier alpha value is -2.78. The molecule has 0 aliphatic carbocycles. The Morgan fingerprint density at radius 1 is 1.15 bits per heavy atom. The van der Waals surface area contributed by atoms with Crippen molar-refractivity contribution in [1.29, 1.82) is 0 Å². The van der Waals surface area contributed by atoms with E-state index in [9.17, 15) is 9.59 Å². The van der Waals surface area contributed by atoms with Crippen molar-refractivity contribution < 1.29 is 9.59 Å². The summed E-state index contributed by atoms with van der Waals surface area (Å²) in [6, 6.07) is 17.2. The molecule has 0 atom stereocenters. The van der Waals surface area contributed by atoms with Crippen LogP contribution in [0.2, 0.25) is 5.02 Å². The van der Waals surface area contributed by atoms with E-state index < -0.39 is 0 Å². The molecule has 0 radical (unpaired) electrons. The van der Waals surface area contributed by atoms with E-state index in [2.05, 4.69) is 10.3 Å². The van der Waals surface area contributed by atoms with Gasteiger partial charge in [-0.1, -0.05) is 90.2 Å². The Balaban J connectivity index is 1.25.